The Kier molecular flexibility index (Phi) is 4.24. The summed E-state index contributed by atoms with van der Waals surface area (Å²) in [6.45, 7) is 4.67. The van der Waals surface area contributed by atoms with Crippen LogP contribution in [0.15, 0.2) is 38.9 Å². The molecule has 0 spiro atoms. The van der Waals surface area contributed by atoms with Crippen LogP contribution in [0.25, 0.3) is 11.0 Å². The SMILES string of the molecule is Cc1cc(C)c2c(c1)CN(S(=O)(=O)c1cnc3c(c1)c(=O)[nH]c(=O)n3C)CC2. The third kappa shape index (κ3) is 2.87. The molecule has 1 N–H and O–H groups in total. The first-order valence-electron chi connectivity index (χ1n) is 8.86. The average Bonchev–Trinajstić information content (AvgIpc) is 2.65. The maximum atomic E-state index is 13.2. The molecule has 0 saturated carbocycles. The average molecular weight is 400 g/mol. The highest BCUT2D eigenvalue weighted by Gasteiger charge is 2.30. The summed E-state index contributed by atoms with van der Waals surface area (Å²) in [6.07, 6.45) is 1.84. The Morgan fingerprint density at radius 2 is 1.89 bits per heavy atom. The first kappa shape index (κ1) is 18.6. The molecule has 3 heterocycles. The highest BCUT2D eigenvalue weighted by molar-refractivity contribution is 7.89. The number of aromatic nitrogens is 3. The summed E-state index contributed by atoms with van der Waals surface area (Å²) in [5, 5.41) is 0.0623. The molecule has 4 rings (SSSR count). The first-order chi connectivity index (χ1) is 13.2. The quantitative estimate of drug-likeness (QED) is 0.691. The largest absolute Gasteiger partial charge is 0.329 e. The lowest BCUT2D eigenvalue weighted by Crippen LogP contribution is -2.36. The van der Waals surface area contributed by atoms with Gasteiger partial charge in [0.15, 0.2) is 0 Å². The van der Waals surface area contributed by atoms with E-state index in [4.69, 9.17) is 0 Å². The van der Waals surface area contributed by atoms with Gasteiger partial charge in [-0.25, -0.2) is 18.2 Å². The molecule has 0 fully saturated rings. The molecule has 0 aliphatic carbocycles. The van der Waals surface area contributed by atoms with Gasteiger partial charge in [0, 0.05) is 26.3 Å². The van der Waals surface area contributed by atoms with Gasteiger partial charge in [0.1, 0.15) is 10.5 Å². The Labute approximate surface area is 161 Å². The van der Waals surface area contributed by atoms with Crippen molar-refractivity contribution in [1.29, 1.82) is 0 Å². The van der Waals surface area contributed by atoms with E-state index in [1.165, 1.54) is 39.3 Å². The van der Waals surface area contributed by atoms with Crippen LogP contribution in [0, 0.1) is 13.8 Å². The molecular weight excluding hydrogens is 380 g/mol. The van der Waals surface area contributed by atoms with E-state index in [9.17, 15) is 18.0 Å². The van der Waals surface area contributed by atoms with Gasteiger partial charge < -0.3 is 0 Å². The lowest BCUT2D eigenvalue weighted by atomic mass is 9.94. The van der Waals surface area contributed by atoms with Gasteiger partial charge in [0.2, 0.25) is 10.0 Å². The number of hydrogen-bond donors (Lipinski definition) is 1. The Balaban J connectivity index is 1.79. The Hall–Kier alpha value is -2.78. The summed E-state index contributed by atoms with van der Waals surface area (Å²) in [5.41, 5.74) is 3.35. The third-order valence-corrected chi connectivity index (χ3v) is 7.04. The van der Waals surface area contributed by atoms with Crippen molar-refractivity contribution in [1.82, 2.24) is 18.8 Å². The van der Waals surface area contributed by atoms with Crippen LogP contribution in [-0.2, 0) is 30.0 Å². The van der Waals surface area contributed by atoms with Gasteiger partial charge in [-0.05, 0) is 43.0 Å². The maximum Gasteiger partial charge on any atom is 0.329 e. The van der Waals surface area contributed by atoms with Crippen molar-refractivity contribution in [3.63, 3.8) is 0 Å². The fraction of sp³-hybridized carbons (Fsp3) is 0.316. The first-order valence-corrected chi connectivity index (χ1v) is 10.3. The monoisotopic (exact) mass is 400 g/mol. The minimum absolute atomic E-state index is 0.0584. The van der Waals surface area contributed by atoms with Crippen LogP contribution in [0.1, 0.15) is 22.3 Å². The van der Waals surface area contributed by atoms with Gasteiger partial charge in [0.05, 0.1) is 5.39 Å². The highest BCUT2D eigenvalue weighted by atomic mass is 32.2. The van der Waals surface area contributed by atoms with Crippen molar-refractivity contribution in [2.24, 2.45) is 7.05 Å². The predicted octanol–water partition coefficient (Wildman–Crippen LogP) is 0.986. The summed E-state index contributed by atoms with van der Waals surface area (Å²) in [7, 11) is -2.36. The van der Waals surface area contributed by atoms with E-state index in [0.717, 1.165) is 11.1 Å². The van der Waals surface area contributed by atoms with E-state index in [-0.39, 0.29) is 22.5 Å². The van der Waals surface area contributed by atoms with Crippen LogP contribution in [0.2, 0.25) is 0 Å². The molecule has 28 heavy (non-hydrogen) atoms. The smallest absolute Gasteiger partial charge is 0.281 e. The molecule has 0 unspecified atom stereocenters. The molecule has 2 aromatic heterocycles. The number of aryl methyl sites for hydroxylation is 3. The molecule has 1 aliphatic heterocycles. The second kappa shape index (κ2) is 6.39. The number of nitrogens with zero attached hydrogens (tertiary/aromatic N) is 3. The molecule has 0 amide bonds. The number of nitrogens with one attached hydrogen (secondary N) is 1. The summed E-state index contributed by atoms with van der Waals surface area (Å²) in [4.78, 5) is 30.0. The number of benzene rings is 1. The van der Waals surface area contributed by atoms with Crippen LogP contribution in [-0.4, -0.2) is 33.8 Å². The van der Waals surface area contributed by atoms with Crippen LogP contribution in [0.3, 0.4) is 0 Å². The van der Waals surface area contributed by atoms with E-state index in [1.807, 2.05) is 19.9 Å². The molecule has 9 heteroatoms. The number of fused-ring (bicyclic) bond motifs is 2. The molecule has 146 valence electrons. The fourth-order valence-corrected chi connectivity index (χ4v) is 5.19. The lowest BCUT2D eigenvalue weighted by Gasteiger charge is -2.29. The van der Waals surface area contributed by atoms with Crippen molar-refractivity contribution in [2.45, 2.75) is 31.7 Å². The molecule has 3 aromatic rings. The Morgan fingerprint density at radius 3 is 2.64 bits per heavy atom. The summed E-state index contributed by atoms with van der Waals surface area (Å²) < 4.78 is 28.9. The summed E-state index contributed by atoms with van der Waals surface area (Å²) in [6, 6.07) is 5.41. The number of pyridine rings is 1. The minimum Gasteiger partial charge on any atom is -0.281 e. The van der Waals surface area contributed by atoms with Crippen molar-refractivity contribution < 1.29 is 8.42 Å². The van der Waals surface area contributed by atoms with Crippen molar-refractivity contribution in [2.75, 3.05) is 6.54 Å². The number of H-pyrrole nitrogens is 1. The van der Waals surface area contributed by atoms with Gasteiger partial charge in [-0.2, -0.15) is 4.31 Å². The second-order valence-corrected chi connectivity index (χ2v) is 9.11. The fourth-order valence-electron chi connectivity index (χ4n) is 3.80. The topological polar surface area (TPSA) is 105 Å². The highest BCUT2D eigenvalue weighted by Crippen LogP contribution is 2.28. The van der Waals surface area contributed by atoms with Crippen LogP contribution in [0.4, 0.5) is 0 Å². The van der Waals surface area contributed by atoms with Crippen LogP contribution in [0.5, 0.6) is 0 Å². The second-order valence-electron chi connectivity index (χ2n) is 7.17. The van der Waals surface area contributed by atoms with Crippen molar-refractivity contribution in [3.8, 4) is 0 Å². The van der Waals surface area contributed by atoms with Gasteiger partial charge in [-0.1, -0.05) is 17.7 Å². The Bertz CT molecular complexity index is 1340. The molecule has 0 bridgehead atoms. The molecule has 8 nitrogen and oxygen atoms in total. The van der Waals surface area contributed by atoms with Crippen LogP contribution >= 0.6 is 0 Å². The molecule has 1 aromatic carbocycles. The number of sulfonamides is 1. The van der Waals surface area contributed by atoms with E-state index in [0.29, 0.717) is 13.0 Å². The van der Waals surface area contributed by atoms with Crippen molar-refractivity contribution >= 4 is 21.1 Å². The zero-order valence-corrected chi connectivity index (χ0v) is 16.6. The zero-order valence-electron chi connectivity index (χ0n) is 15.8. The maximum absolute atomic E-state index is 13.2. The minimum atomic E-state index is -3.83. The molecule has 0 atom stereocenters. The van der Waals surface area contributed by atoms with Crippen molar-refractivity contribution in [3.05, 3.63) is 67.5 Å². The lowest BCUT2D eigenvalue weighted by molar-refractivity contribution is 0.390. The molecular formula is C19H20N4O4S. The van der Waals surface area contributed by atoms with Gasteiger partial charge in [-0.3, -0.25) is 14.3 Å². The van der Waals surface area contributed by atoms with E-state index >= 15 is 0 Å². The van der Waals surface area contributed by atoms with E-state index in [1.54, 1.807) is 0 Å². The van der Waals surface area contributed by atoms with E-state index < -0.39 is 21.3 Å². The van der Waals surface area contributed by atoms with Gasteiger partial charge >= 0.3 is 5.69 Å². The van der Waals surface area contributed by atoms with Crippen LogP contribution < -0.4 is 11.2 Å². The molecule has 0 saturated heterocycles. The standard InChI is InChI=1S/C19H20N4O4S/c1-11-6-12(2)15-4-5-23(10-13(15)7-11)28(26,27)14-8-16-17(20-9-14)22(3)19(25)21-18(16)24/h6-9H,4-5,10H2,1-3H3,(H,21,24,25). The Morgan fingerprint density at radius 1 is 1.14 bits per heavy atom. The molecule has 1 aliphatic rings. The number of rotatable bonds is 2. The van der Waals surface area contributed by atoms with Gasteiger partial charge in [-0.15, -0.1) is 0 Å². The zero-order chi connectivity index (χ0) is 20.2. The number of aromatic amines is 1. The number of hydrogen-bond acceptors (Lipinski definition) is 5. The normalized spacial score (nSPS) is 15.0. The summed E-state index contributed by atoms with van der Waals surface area (Å²) in [5.74, 6) is 0. The summed E-state index contributed by atoms with van der Waals surface area (Å²) >= 11 is 0. The third-order valence-electron chi connectivity index (χ3n) is 5.23. The van der Waals surface area contributed by atoms with E-state index in [2.05, 4.69) is 16.0 Å². The molecule has 0 radical (unpaired) electrons. The predicted molar refractivity (Wildman–Crippen MR) is 105 cm³/mol. The van der Waals surface area contributed by atoms with Gasteiger partial charge in [0.25, 0.3) is 5.56 Å².